The molecule has 6 heteroatoms. The van der Waals surface area contributed by atoms with E-state index in [2.05, 4.69) is 13.0 Å². The molecule has 3 rings (SSSR count). The van der Waals surface area contributed by atoms with E-state index in [-0.39, 0.29) is 54.2 Å². The molecule has 1 fully saturated rings. The Balaban J connectivity index is 1.74. The predicted octanol–water partition coefficient (Wildman–Crippen LogP) is 2.92. The molecule has 162 valence electrons. The molecule has 2 unspecified atom stereocenters. The average molecular weight is 407 g/mol. The molecule has 1 saturated heterocycles. The van der Waals surface area contributed by atoms with Crippen LogP contribution in [0.15, 0.2) is 23.8 Å². The van der Waals surface area contributed by atoms with Gasteiger partial charge in [-0.15, -0.1) is 0 Å². The summed E-state index contributed by atoms with van der Waals surface area (Å²) in [6.07, 6.45) is 7.31. The molecule has 3 aliphatic rings. The van der Waals surface area contributed by atoms with Crippen LogP contribution in [0.3, 0.4) is 0 Å². The standard InChI is InChI=1S/C23H34O6/c1-4-13(2)23(27)29-20-11-16(24)9-15-6-5-14(3)19(22(15)20)8-7-18-10-17(25)12-21(26)28-18/h5-6,9,13-14,16-20,22,24-25H,4,7-8,10-12H2,1-3H3/t13-,14-,16+,17?,18+,19-,20?,22-/m0/s1. The topological polar surface area (TPSA) is 93.1 Å². The van der Waals surface area contributed by atoms with Gasteiger partial charge in [-0.1, -0.05) is 39.0 Å². The largest absolute Gasteiger partial charge is 0.462 e. The maximum atomic E-state index is 12.5. The lowest BCUT2D eigenvalue weighted by Gasteiger charge is -2.43. The molecule has 1 heterocycles. The number of allylic oxidation sites excluding steroid dienone is 2. The molecule has 0 bridgehead atoms. The number of rotatable bonds is 6. The van der Waals surface area contributed by atoms with Gasteiger partial charge in [-0.05, 0) is 36.7 Å². The molecule has 0 spiro atoms. The summed E-state index contributed by atoms with van der Waals surface area (Å²) in [6.45, 7) is 5.97. The number of carbonyl (C=O) groups excluding carboxylic acids is 2. The third-order valence-corrected chi connectivity index (χ3v) is 6.71. The number of fused-ring (bicyclic) bond motifs is 1. The molecule has 0 radical (unpaired) electrons. The second-order valence-electron chi connectivity index (χ2n) is 8.95. The Labute approximate surface area is 173 Å². The lowest BCUT2D eigenvalue weighted by atomic mass is 9.66. The zero-order chi connectivity index (χ0) is 21.1. The van der Waals surface area contributed by atoms with Gasteiger partial charge in [0.2, 0.25) is 0 Å². The van der Waals surface area contributed by atoms with Gasteiger partial charge in [0.1, 0.15) is 12.2 Å². The van der Waals surface area contributed by atoms with Crippen LogP contribution in [0, 0.1) is 23.7 Å². The number of hydrogen-bond acceptors (Lipinski definition) is 6. The highest BCUT2D eigenvalue weighted by atomic mass is 16.6. The van der Waals surface area contributed by atoms with Gasteiger partial charge < -0.3 is 19.7 Å². The SMILES string of the molecule is CC[C@H](C)C(=O)OC1C[C@H](O)C=C2C=C[C@H](C)[C@H](CC[C@@H]3CC(O)CC(=O)O3)[C@H]21. The van der Waals surface area contributed by atoms with Gasteiger partial charge in [-0.25, -0.2) is 0 Å². The lowest BCUT2D eigenvalue weighted by molar-refractivity contribution is -0.162. The third-order valence-electron chi connectivity index (χ3n) is 6.71. The fourth-order valence-electron chi connectivity index (χ4n) is 4.84. The second kappa shape index (κ2) is 9.43. The highest BCUT2D eigenvalue weighted by Crippen LogP contribution is 2.44. The quantitative estimate of drug-likeness (QED) is 0.659. The number of carbonyl (C=O) groups is 2. The van der Waals surface area contributed by atoms with Crippen LogP contribution in [0.25, 0.3) is 0 Å². The number of aliphatic hydroxyl groups excluding tert-OH is 2. The minimum atomic E-state index is -0.630. The predicted molar refractivity (Wildman–Crippen MR) is 108 cm³/mol. The van der Waals surface area contributed by atoms with E-state index in [0.29, 0.717) is 19.3 Å². The molecule has 8 atom stereocenters. The van der Waals surface area contributed by atoms with Crippen molar-refractivity contribution < 1.29 is 29.3 Å². The summed E-state index contributed by atoms with van der Waals surface area (Å²) in [5.74, 6) is -0.203. The van der Waals surface area contributed by atoms with Crippen LogP contribution in [0.1, 0.15) is 59.3 Å². The van der Waals surface area contributed by atoms with Crippen LogP contribution in [0.4, 0.5) is 0 Å². The van der Waals surface area contributed by atoms with Crippen molar-refractivity contribution in [2.45, 2.75) is 83.7 Å². The molecule has 0 aromatic carbocycles. The van der Waals surface area contributed by atoms with E-state index in [1.165, 1.54) is 0 Å². The summed E-state index contributed by atoms with van der Waals surface area (Å²) in [5.41, 5.74) is 1.02. The van der Waals surface area contributed by atoms with E-state index in [0.717, 1.165) is 18.4 Å². The summed E-state index contributed by atoms with van der Waals surface area (Å²) < 4.78 is 11.3. The zero-order valence-electron chi connectivity index (χ0n) is 17.6. The summed E-state index contributed by atoms with van der Waals surface area (Å²) in [6, 6.07) is 0. The summed E-state index contributed by atoms with van der Waals surface area (Å²) in [4.78, 5) is 24.1. The van der Waals surface area contributed by atoms with Gasteiger partial charge in [0.25, 0.3) is 0 Å². The summed E-state index contributed by atoms with van der Waals surface area (Å²) >= 11 is 0. The van der Waals surface area contributed by atoms with Crippen LogP contribution in [-0.2, 0) is 19.1 Å². The van der Waals surface area contributed by atoms with Crippen molar-refractivity contribution in [3.8, 4) is 0 Å². The van der Waals surface area contributed by atoms with Crippen LogP contribution < -0.4 is 0 Å². The molecular weight excluding hydrogens is 372 g/mol. The molecule has 0 amide bonds. The van der Waals surface area contributed by atoms with E-state index >= 15 is 0 Å². The number of hydrogen-bond donors (Lipinski definition) is 2. The van der Waals surface area contributed by atoms with Gasteiger partial charge in [0.05, 0.1) is 24.5 Å². The van der Waals surface area contributed by atoms with Crippen molar-refractivity contribution in [2.24, 2.45) is 23.7 Å². The second-order valence-corrected chi connectivity index (χ2v) is 8.95. The molecule has 2 aliphatic carbocycles. The van der Waals surface area contributed by atoms with Crippen molar-refractivity contribution in [1.82, 2.24) is 0 Å². The number of ether oxygens (including phenoxy) is 2. The van der Waals surface area contributed by atoms with Crippen LogP contribution in [0.2, 0.25) is 0 Å². The first-order valence-electron chi connectivity index (χ1n) is 10.9. The number of cyclic esters (lactones) is 1. The van der Waals surface area contributed by atoms with Crippen molar-refractivity contribution in [3.05, 3.63) is 23.8 Å². The summed E-state index contributed by atoms with van der Waals surface area (Å²) in [5, 5.41) is 20.2. The first kappa shape index (κ1) is 22.0. The van der Waals surface area contributed by atoms with Crippen LogP contribution in [-0.4, -0.2) is 46.6 Å². The molecule has 0 aromatic heterocycles. The van der Waals surface area contributed by atoms with E-state index in [4.69, 9.17) is 9.47 Å². The molecule has 6 nitrogen and oxygen atoms in total. The normalized spacial score (nSPS) is 37.9. The zero-order valence-corrected chi connectivity index (χ0v) is 17.6. The van der Waals surface area contributed by atoms with Gasteiger partial charge in [-0.2, -0.15) is 0 Å². The molecule has 1 aliphatic heterocycles. The Morgan fingerprint density at radius 1 is 1.31 bits per heavy atom. The maximum absolute atomic E-state index is 12.5. The Morgan fingerprint density at radius 2 is 2.07 bits per heavy atom. The van der Waals surface area contributed by atoms with Gasteiger partial charge in [0, 0.05) is 18.8 Å². The molecule has 0 saturated carbocycles. The summed E-state index contributed by atoms with van der Waals surface area (Å²) in [7, 11) is 0. The average Bonchev–Trinajstić information content (AvgIpc) is 2.65. The van der Waals surface area contributed by atoms with Crippen molar-refractivity contribution in [3.63, 3.8) is 0 Å². The van der Waals surface area contributed by atoms with Gasteiger partial charge >= 0.3 is 11.9 Å². The maximum Gasteiger partial charge on any atom is 0.308 e. The fraction of sp³-hybridized carbons (Fsp3) is 0.739. The Morgan fingerprint density at radius 3 is 2.76 bits per heavy atom. The molecular formula is C23H34O6. The number of aliphatic hydroxyl groups is 2. The first-order chi connectivity index (χ1) is 13.8. The lowest BCUT2D eigenvalue weighted by Crippen LogP contribution is -2.43. The van der Waals surface area contributed by atoms with Crippen molar-refractivity contribution >= 4 is 11.9 Å². The fourth-order valence-corrected chi connectivity index (χ4v) is 4.84. The first-order valence-corrected chi connectivity index (χ1v) is 10.9. The van der Waals surface area contributed by atoms with E-state index < -0.39 is 12.2 Å². The van der Waals surface area contributed by atoms with Crippen LogP contribution in [0.5, 0.6) is 0 Å². The molecule has 2 N–H and O–H groups in total. The minimum absolute atomic E-state index is 0.0237. The van der Waals surface area contributed by atoms with Crippen LogP contribution >= 0.6 is 0 Å². The minimum Gasteiger partial charge on any atom is -0.462 e. The van der Waals surface area contributed by atoms with Crippen molar-refractivity contribution in [2.75, 3.05) is 0 Å². The van der Waals surface area contributed by atoms with Gasteiger partial charge in [-0.3, -0.25) is 9.59 Å². The highest BCUT2D eigenvalue weighted by molar-refractivity contribution is 5.72. The number of esters is 2. The third kappa shape index (κ3) is 5.28. The Bertz CT molecular complexity index is 668. The van der Waals surface area contributed by atoms with E-state index in [1.807, 2.05) is 26.0 Å². The Kier molecular flexibility index (Phi) is 7.17. The van der Waals surface area contributed by atoms with E-state index in [9.17, 15) is 19.8 Å². The van der Waals surface area contributed by atoms with Gasteiger partial charge in [0.15, 0.2) is 0 Å². The van der Waals surface area contributed by atoms with Crippen molar-refractivity contribution in [1.29, 1.82) is 0 Å². The smallest absolute Gasteiger partial charge is 0.308 e. The monoisotopic (exact) mass is 406 g/mol. The van der Waals surface area contributed by atoms with E-state index in [1.54, 1.807) is 0 Å². The molecule has 29 heavy (non-hydrogen) atoms. The highest BCUT2D eigenvalue weighted by Gasteiger charge is 2.42. The molecule has 0 aromatic rings. The Hall–Kier alpha value is -1.66.